The van der Waals surface area contributed by atoms with Gasteiger partial charge in [0.2, 0.25) is 4.77 Å². The van der Waals surface area contributed by atoms with Crippen LogP contribution in [-0.2, 0) is 14.9 Å². The van der Waals surface area contributed by atoms with E-state index in [0.717, 1.165) is 5.82 Å². The number of nitrogens with zero attached hydrogens (tertiary/aromatic N) is 1. The predicted octanol–water partition coefficient (Wildman–Crippen LogP) is 2.53. The third kappa shape index (κ3) is 2.24. The van der Waals surface area contributed by atoms with Crippen molar-refractivity contribution in [2.75, 3.05) is 6.61 Å². The molecule has 1 aromatic rings. The van der Waals surface area contributed by atoms with Crippen LogP contribution in [0.5, 0.6) is 0 Å². The van der Waals surface area contributed by atoms with Gasteiger partial charge in [0, 0.05) is 5.92 Å². The van der Waals surface area contributed by atoms with Gasteiger partial charge >= 0.3 is 0 Å². The van der Waals surface area contributed by atoms with Crippen LogP contribution in [0.15, 0.2) is 0 Å². The van der Waals surface area contributed by atoms with Crippen molar-refractivity contribution >= 4 is 12.2 Å². The van der Waals surface area contributed by atoms with Gasteiger partial charge in [-0.3, -0.25) is 10.2 Å². The van der Waals surface area contributed by atoms with E-state index in [1.807, 2.05) is 6.92 Å². The molecule has 2 N–H and O–H groups in total. The van der Waals surface area contributed by atoms with Crippen molar-refractivity contribution in [3.63, 3.8) is 0 Å². The summed E-state index contributed by atoms with van der Waals surface area (Å²) in [5.74, 6) is 0.583. The first-order chi connectivity index (χ1) is 8.25. The molecule has 2 atom stereocenters. The molecule has 0 amide bonds. The Morgan fingerprint density at radius 3 is 2.56 bits per heavy atom. The molecule has 0 radical (unpaired) electrons. The van der Waals surface area contributed by atoms with E-state index in [0.29, 0.717) is 17.3 Å². The van der Waals surface area contributed by atoms with Crippen molar-refractivity contribution in [1.29, 1.82) is 0 Å². The van der Waals surface area contributed by atoms with Gasteiger partial charge in [0.1, 0.15) is 5.82 Å². The lowest BCUT2D eigenvalue weighted by molar-refractivity contribution is -0.188. The Morgan fingerprint density at radius 2 is 2.11 bits per heavy atom. The summed E-state index contributed by atoms with van der Waals surface area (Å²) in [6, 6.07) is 0. The molecular formula is C12H21N3O2S. The molecule has 2 rings (SSSR count). The minimum Gasteiger partial charge on any atom is -0.347 e. The SMILES string of the molecule is CC(C)C1(C)OCC(C(C)(C)c2nc(=S)[nH][nH]2)O1. The van der Waals surface area contributed by atoms with Crippen LogP contribution in [0.25, 0.3) is 0 Å². The lowest BCUT2D eigenvalue weighted by Crippen LogP contribution is -2.40. The number of H-pyrrole nitrogens is 2. The number of ether oxygens (including phenoxy) is 2. The van der Waals surface area contributed by atoms with Crippen molar-refractivity contribution < 1.29 is 9.47 Å². The van der Waals surface area contributed by atoms with Gasteiger partial charge in [-0.05, 0) is 19.1 Å². The van der Waals surface area contributed by atoms with E-state index >= 15 is 0 Å². The molecule has 1 aromatic heterocycles. The Labute approximate surface area is 112 Å². The summed E-state index contributed by atoms with van der Waals surface area (Å²) in [5.41, 5.74) is -0.278. The smallest absolute Gasteiger partial charge is 0.213 e. The Kier molecular flexibility index (Phi) is 3.38. The summed E-state index contributed by atoms with van der Waals surface area (Å²) in [6.45, 7) is 10.9. The summed E-state index contributed by atoms with van der Waals surface area (Å²) < 4.78 is 12.4. The van der Waals surface area contributed by atoms with E-state index in [1.165, 1.54) is 0 Å². The first kappa shape index (κ1) is 13.7. The van der Waals surface area contributed by atoms with E-state index in [4.69, 9.17) is 21.7 Å². The Bertz CT molecular complexity index is 480. The molecule has 6 heteroatoms. The number of aromatic amines is 2. The molecule has 1 aliphatic rings. The number of aromatic nitrogens is 3. The summed E-state index contributed by atoms with van der Waals surface area (Å²) >= 11 is 4.99. The van der Waals surface area contributed by atoms with Crippen LogP contribution >= 0.6 is 12.2 Å². The van der Waals surface area contributed by atoms with Crippen molar-refractivity contribution in [2.45, 2.75) is 51.9 Å². The topological polar surface area (TPSA) is 62.9 Å². The van der Waals surface area contributed by atoms with Crippen LogP contribution < -0.4 is 0 Å². The van der Waals surface area contributed by atoms with Crippen molar-refractivity contribution in [2.24, 2.45) is 5.92 Å². The molecule has 1 saturated heterocycles. The van der Waals surface area contributed by atoms with Crippen LogP contribution in [0.1, 0.15) is 40.4 Å². The lowest BCUT2D eigenvalue weighted by atomic mass is 9.86. The summed E-state index contributed by atoms with van der Waals surface area (Å²) in [6.07, 6.45) is -0.0427. The number of nitrogens with one attached hydrogen (secondary N) is 2. The number of hydrogen-bond acceptors (Lipinski definition) is 4. The third-order valence-electron chi connectivity index (χ3n) is 3.86. The zero-order chi connectivity index (χ0) is 13.6. The fourth-order valence-electron chi connectivity index (χ4n) is 1.98. The fraction of sp³-hybridized carbons (Fsp3) is 0.833. The third-order valence-corrected chi connectivity index (χ3v) is 4.06. The fourth-order valence-corrected chi connectivity index (χ4v) is 2.12. The zero-order valence-electron chi connectivity index (χ0n) is 11.5. The lowest BCUT2D eigenvalue weighted by Gasteiger charge is -2.32. The highest BCUT2D eigenvalue weighted by Crippen LogP contribution is 2.38. The Hall–Kier alpha value is -0.720. The standard InChI is InChI=1S/C12H21N3O2S/c1-7(2)12(5)16-6-8(17-12)11(3,4)9-13-10(18)15-14-9/h7-8H,6H2,1-5H3,(H2,13,14,15,18). The number of rotatable bonds is 3. The van der Waals surface area contributed by atoms with Gasteiger partial charge in [-0.15, -0.1) is 0 Å². The van der Waals surface area contributed by atoms with Gasteiger partial charge in [0.15, 0.2) is 5.79 Å². The quantitative estimate of drug-likeness (QED) is 0.829. The van der Waals surface area contributed by atoms with E-state index in [9.17, 15) is 0 Å². The van der Waals surface area contributed by atoms with Crippen molar-refractivity contribution in [1.82, 2.24) is 15.2 Å². The van der Waals surface area contributed by atoms with E-state index in [-0.39, 0.29) is 11.5 Å². The maximum atomic E-state index is 6.11. The van der Waals surface area contributed by atoms with E-state index in [1.54, 1.807) is 0 Å². The summed E-state index contributed by atoms with van der Waals surface area (Å²) in [5, 5.41) is 5.83. The second-order valence-electron chi connectivity index (χ2n) is 5.83. The minimum absolute atomic E-state index is 0.0427. The van der Waals surface area contributed by atoms with Crippen LogP contribution in [0.4, 0.5) is 0 Å². The predicted molar refractivity (Wildman–Crippen MR) is 70.9 cm³/mol. The first-order valence-electron chi connectivity index (χ1n) is 6.22. The van der Waals surface area contributed by atoms with E-state index < -0.39 is 5.79 Å². The van der Waals surface area contributed by atoms with Crippen LogP contribution in [0.2, 0.25) is 0 Å². The molecule has 1 aliphatic heterocycles. The molecule has 0 bridgehead atoms. The molecule has 0 saturated carbocycles. The zero-order valence-corrected chi connectivity index (χ0v) is 12.4. The average Bonchev–Trinajstić information content (AvgIpc) is 2.86. The van der Waals surface area contributed by atoms with Gasteiger partial charge in [0.05, 0.1) is 18.1 Å². The van der Waals surface area contributed by atoms with Crippen molar-refractivity contribution in [3.8, 4) is 0 Å². The highest BCUT2D eigenvalue weighted by molar-refractivity contribution is 7.71. The van der Waals surface area contributed by atoms with E-state index in [2.05, 4.69) is 42.9 Å². The monoisotopic (exact) mass is 271 g/mol. The molecule has 18 heavy (non-hydrogen) atoms. The van der Waals surface area contributed by atoms with Gasteiger partial charge in [-0.1, -0.05) is 27.7 Å². The summed E-state index contributed by atoms with van der Waals surface area (Å²) in [4.78, 5) is 4.29. The van der Waals surface area contributed by atoms with Crippen LogP contribution in [0, 0.1) is 10.7 Å². The molecule has 0 spiro atoms. The molecule has 5 nitrogen and oxygen atoms in total. The maximum Gasteiger partial charge on any atom is 0.213 e. The molecule has 0 aliphatic carbocycles. The average molecular weight is 271 g/mol. The minimum atomic E-state index is -0.519. The normalized spacial score (nSPS) is 29.1. The molecule has 1 fully saturated rings. The Balaban J connectivity index is 2.20. The maximum absolute atomic E-state index is 6.11. The molecule has 2 heterocycles. The van der Waals surface area contributed by atoms with Gasteiger partial charge in [-0.25, -0.2) is 4.98 Å². The van der Waals surface area contributed by atoms with Gasteiger partial charge in [0.25, 0.3) is 0 Å². The molecule has 102 valence electrons. The van der Waals surface area contributed by atoms with Crippen LogP contribution in [-0.4, -0.2) is 33.7 Å². The highest BCUT2D eigenvalue weighted by atomic mass is 32.1. The van der Waals surface area contributed by atoms with Crippen LogP contribution in [0.3, 0.4) is 0 Å². The number of hydrogen-bond donors (Lipinski definition) is 2. The first-order valence-corrected chi connectivity index (χ1v) is 6.63. The second kappa shape index (κ2) is 4.43. The van der Waals surface area contributed by atoms with Gasteiger partial charge < -0.3 is 9.47 Å². The van der Waals surface area contributed by atoms with Gasteiger partial charge in [-0.2, -0.15) is 0 Å². The molecule has 2 unspecified atom stereocenters. The molecule has 0 aromatic carbocycles. The largest absolute Gasteiger partial charge is 0.347 e. The van der Waals surface area contributed by atoms with Crippen molar-refractivity contribution in [3.05, 3.63) is 10.6 Å². The second-order valence-corrected chi connectivity index (χ2v) is 6.21. The molecular weight excluding hydrogens is 250 g/mol. The summed E-state index contributed by atoms with van der Waals surface area (Å²) in [7, 11) is 0. The highest BCUT2D eigenvalue weighted by Gasteiger charge is 2.47. The Morgan fingerprint density at radius 1 is 1.44 bits per heavy atom.